The summed E-state index contributed by atoms with van der Waals surface area (Å²) in [4.78, 5) is 3.46. The van der Waals surface area contributed by atoms with Crippen LogP contribution < -0.4 is 4.31 Å². The number of hydrogen-bond donors (Lipinski definition) is 0. The molecule has 12 heteroatoms. The van der Waals surface area contributed by atoms with Crippen molar-refractivity contribution in [3.05, 3.63) is 84.1 Å². The topological polar surface area (TPSA) is 77.3 Å². The first-order valence-corrected chi connectivity index (χ1v) is 14.1. The lowest BCUT2D eigenvalue weighted by Crippen LogP contribution is -2.34. The molecule has 2 aromatic carbocycles. The summed E-state index contributed by atoms with van der Waals surface area (Å²) in [7, 11) is -3.63. The molecule has 2 heterocycles. The van der Waals surface area contributed by atoms with Crippen molar-refractivity contribution in [1.82, 2.24) is 14.8 Å². The lowest BCUT2D eigenvalue weighted by atomic mass is 9.89. The van der Waals surface area contributed by atoms with Gasteiger partial charge in [0.25, 0.3) is 10.0 Å². The van der Waals surface area contributed by atoms with Gasteiger partial charge in [-0.15, -0.1) is 0 Å². The van der Waals surface area contributed by atoms with Gasteiger partial charge in [-0.05, 0) is 59.9 Å². The lowest BCUT2D eigenvalue weighted by molar-refractivity contribution is 0.209. The van der Waals surface area contributed by atoms with Crippen LogP contribution in [0.2, 0.25) is 0 Å². The highest BCUT2D eigenvalue weighted by Crippen LogP contribution is 2.38. The summed E-state index contributed by atoms with van der Waals surface area (Å²) >= 11 is 0. The van der Waals surface area contributed by atoms with Gasteiger partial charge in [0.05, 0.1) is 12.2 Å². The smallest absolute Gasteiger partial charge is 0.269 e. The first kappa shape index (κ1) is 30.2. The Balaban J connectivity index is 1.88. The van der Waals surface area contributed by atoms with E-state index in [1.54, 1.807) is 18.5 Å². The third kappa shape index (κ3) is 6.59. The second-order valence-electron chi connectivity index (χ2n) is 10.6. The molecule has 0 atom stereocenters. The molecular weight excluding hydrogens is 560 g/mol. The molecule has 0 saturated carbocycles. The summed E-state index contributed by atoms with van der Waals surface area (Å²) in [5.41, 5.74) is 1.46. The van der Waals surface area contributed by atoms with Crippen LogP contribution in [0.3, 0.4) is 0 Å². The monoisotopic (exact) mass is 590 g/mol. The summed E-state index contributed by atoms with van der Waals surface area (Å²) in [6.45, 7) is 4.72. The Kier molecular flexibility index (Phi) is 8.83. The zero-order valence-electron chi connectivity index (χ0n) is 23.0. The number of benzene rings is 2. The number of methoxy groups -OCH3 is 1. The second-order valence-corrected chi connectivity index (χ2v) is 12.4. The van der Waals surface area contributed by atoms with E-state index in [4.69, 9.17) is 4.74 Å². The normalized spacial score (nSPS) is 12.1. The van der Waals surface area contributed by atoms with Gasteiger partial charge in [0.15, 0.2) is 5.82 Å². The van der Waals surface area contributed by atoms with Crippen molar-refractivity contribution >= 4 is 15.7 Å². The van der Waals surface area contributed by atoms with Crippen LogP contribution in [0.25, 0.3) is 22.4 Å². The predicted molar refractivity (Wildman–Crippen MR) is 148 cm³/mol. The van der Waals surface area contributed by atoms with Crippen molar-refractivity contribution in [2.45, 2.75) is 38.6 Å². The van der Waals surface area contributed by atoms with E-state index in [0.717, 1.165) is 11.8 Å². The van der Waals surface area contributed by atoms with Crippen molar-refractivity contribution in [2.24, 2.45) is 5.41 Å². The molecule has 0 amide bonds. The Bertz CT molecular complexity index is 1650. The zero-order valence-corrected chi connectivity index (χ0v) is 23.9. The quantitative estimate of drug-likeness (QED) is 0.158. The maximum Gasteiger partial charge on any atom is 0.269 e. The second kappa shape index (κ2) is 12.0. The number of halogens is 4. The molecule has 0 bridgehead atoms. The summed E-state index contributed by atoms with van der Waals surface area (Å²) in [5, 5.41) is 4.41. The number of alkyl halides is 1. The van der Waals surface area contributed by atoms with Gasteiger partial charge in [0.2, 0.25) is 0 Å². The van der Waals surface area contributed by atoms with Crippen LogP contribution in [0.15, 0.2) is 65.8 Å². The molecule has 0 aliphatic rings. The molecule has 4 aromatic rings. The molecule has 0 radical (unpaired) electrons. The number of sulfonamides is 1. The van der Waals surface area contributed by atoms with Crippen molar-refractivity contribution < 1.29 is 30.7 Å². The highest BCUT2D eigenvalue weighted by atomic mass is 32.2. The first-order chi connectivity index (χ1) is 19.4. The van der Waals surface area contributed by atoms with Crippen LogP contribution in [0.4, 0.5) is 23.2 Å². The van der Waals surface area contributed by atoms with Crippen molar-refractivity contribution in [1.29, 1.82) is 0 Å². The molecule has 218 valence electrons. The van der Waals surface area contributed by atoms with Gasteiger partial charge in [0, 0.05) is 36.3 Å². The van der Waals surface area contributed by atoms with E-state index < -0.39 is 51.5 Å². The van der Waals surface area contributed by atoms with Crippen molar-refractivity contribution in [3.63, 3.8) is 0 Å². The number of rotatable bonds is 10. The minimum atomic E-state index is -4.81. The van der Waals surface area contributed by atoms with Gasteiger partial charge in [-0.1, -0.05) is 26.8 Å². The number of ether oxygens (including phenoxy) is 1. The Labute approximate surface area is 236 Å². The zero-order chi connectivity index (χ0) is 29.9. The van der Waals surface area contributed by atoms with Crippen LogP contribution in [-0.4, -0.2) is 43.7 Å². The van der Waals surface area contributed by atoms with E-state index in [1.807, 2.05) is 6.07 Å². The summed E-state index contributed by atoms with van der Waals surface area (Å²) in [5.74, 6) is -3.19. The van der Waals surface area contributed by atoms with E-state index in [0.29, 0.717) is 34.0 Å². The van der Waals surface area contributed by atoms with Crippen LogP contribution in [0.1, 0.15) is 26.5 Å². The van der Waals surface area contributed by atoms with Crippen LogP contribution in [-0.2, 0) is 27.7 Å². The molecule has 41 heavy (non-hydrogen) atoms. The minimum Gasteiger partial charge on any atom is -0.363 e. The molecular formula is C29H30F4N4O3S. The Morgan fingerprint density at radius 3 is 2.46 bits per heavy atom. The average molecular weight is 591 g/mol. The molecule has 0 aliphatic heterocycles. The summed E-state index contributed by atoms with van der Waals surface area (Å²) in [6, 6.07) is 9.53. The van der Waals surface area contributed by atoms with Gasteiger partial charge < -0.3 is 4.74 Å². The summed E-state index contributed by atoms with van der Waals surface area (Å²) in [6.07, 6.45) is 3.88. The Morgan fingerprint density at radius 2 is 1.78 bits per heavy atom. The molecule has 0 fully saturated rings. The number of nitrogens with zero attached hydrogens (tertiary/aromatic N) is 4. The average Bonchev–Trinajstić information content (AvgIpc) is 3.32. The Hall–Kier alpha value is -3.77. The van der Waals surface area contributed by atoms with Crippen LogP contribution in [0, 0.1) is 22.9 Å². The number of aromatic nitrogens is 3. The molecule has 0 N–H and O–H groups in total. The highest BCUT2D eigenvalue weighted by Gasteiger charge is 2.32. The van der Waals surface area contributed by atoms with Gasteiger partial charge in [-0.3, -0.25) is 9.67 Å². The lowest BCUT2D eigenvalue weighted by Gasteiger charge is -2.25. The largest absolute Gasteiger partial charge is 0.363 e. The molecule has 4 rings (SSSR count). The third-order valence-electron chi connectivity index (χ3n) is 6.12. The van der Waals surface area contributed by atoms with Gasteiger partial charge in [0.1, 0.15) is 35.6 Å². The number of hydrogen-bond acceptors (Lipinski definition) is 5. The molecule has 0 unspecified atom stereocenters. The maximum absolute atomic E-state index is 16.3. The fourth-order valence-electron chi connectivity index (χ4n) is 4.39. The number of anilines is 1. The summed E-state index contributed by atoms with van der Waals surface area (Å²) < 4.78 is 91.7. The van der Waals surface area contributed by atoms with E-state index in [2.05, 4.69) is 30.9 Å². The number of aryl methyl sites for hydroxylation is 1. The van der Waals surface area contributed by atoms with Gasteiger partial charge in [-0.25, -0.2) is 30.3 Å². The van der Waals surface area contributed by atoms with Crippen LogP contribution >= 0.6 is 0 Å². The van der Waals surface area contributed by atoms with Crippen molar-refractivity contribution in [3.8, 4) is 22.4 Å². The van der Waals surface area contributed by atoms with E-state index in [-0.39, 0.29) is 23.2 Å². The Morgan fingerprint density at radius 1 is 1.02 bits per heavy atom. The first-order valence-electron chi connectivity index (χ1n) is 12.7. The SMILES string of the molecule is COCN(c1cccc(-c2nn(CCF)cc2-c2ccnc(CC(C)(C)C)c2)c1F)S(=O)(=O)c1cc(F)ccc1F. The van der Waals surface area contributed by atoms with Gasteiger partial charge in [-0.2, -0.15) is 5.10 Å². The molecule has 2 aromatic heterocycles. The molecule has 0 saturated heterocycles. The van der Waals surface area contributed by atoms with Crippen molar-refractivity contribution in [2.75, 3.05) is 24.8 Å². The number of pyridine rings is 1. The standard InChI is InChI=1S/C29H30F4N4O3S/c1-29(2,3)16-21-14-19(10-12-34-21)23-17-36(13-11-30)35-28(23)22-6-5-7-25(27(22)33)37(18-40-4)41(38,39)26-15-20(31)8-9-24(26)32/h5-10,12,14-15,17H,11,13,16,18H2,1-4H3. The van der Waals surface area contributed by atoms with Crippen LogP contribution in [0.5, 0.6) is 0 Å². The fourth-order valence-corrected chi connectivity index (χ4v) is 5.85. The maximum atomic E-state index is 16.3. The fraction of sp³-hybridized carbons (Fsp3) is 0.310. The third-order valence-corrected chi connectivity index (χ3v) is 7.88. The van der Waals surface area contributed by atoms with E-state index in [9.17, 15) is 21.6 Å². The highest BCUT2D eigenvalue weighted by molar-refractivity contribution is 7.92. The van der Waals surface area contributed by atoms with E-state index >= 15 is 4.39 Å². The van der Waals surface area contributed by atoms with Gasteiger partial charge >= 0.3 is 0 Å². The molecule has 0 spiro atoms. The predicted octanol–water partition coefficient (Wildman–Crippen LogP) is 6.39. The molecule has 0 aliphatic carbocycles. The van der Waals surface area contributed by atoms with E-state index in [1.165, 1.54) is 30.0 Å². The minimum absolute atomic E-state index is 0.0508. The molecule has 7 nitrogen and oxygen atoms in total.